The number of rotatable bonds is 6. The van der Waals surface area contributed by atoms with Gasteiger partial charge in [0.1, 0.15) is 5.75 Å². The van der Waals surface area contributed by atoms with Crippen LogP contribution in [-0.4, -0.2) is 74.9 Å². The Morgan fingerprint density at radius 3 is 2.58 bits per heavy atom. The molecule has 0 spiro atoms. The molecule has 2 aromatic carbocycles. The van der Waals surface area contributed by atoms with Crippen molar-refractivity contribution < 1.29 is 14.3 Å². The molecule has 3 aromatic rings. The van der Waals surface area contributed by atoms with E-state index in [1.165, 1.54) is 11.8 Å². The summed E-state index contributed by atoms with van der Waals surface area (Å²) in [6.45, 7) is 5.19. The number of carbonyl (C=O) groups is 2. The first-order valence-corrected chi connectivity index (χ1v) is 11.8. The molecule has 1 unspecified atom stereocenters. The quantitative estimate of drug-likeness (QED) is 0.521. The van der Waals surface area contributed by atoms with Crippen LogP contribution in [0.15, 0.2) is 59.8 Å². The number of hydrogen-bond acceptors (Lipinski definition) is 6. The van der Waals surface area contributed by atoms with E-state index in [4.69, 9.17) is 4.74 Å². The molecule has 0 saturated carbocycles. The maximum atomic E-state index is 12.9. The Balaban J connectivity index is 1.55. The van der Waals surface area contributed by atoms with Crippen molar-refractivity contribution in [3.63, 3.8) is 0 Å². The molecule has 8 nitrogen and oxygen atoms in total. The van der Waals surface area contributed by atoms with Crippen LogP contribution < -0.4 is 4.74 Å². The molecule has 0 N–H and O–H groups in total. The molecule has 1 aliphatic rings. The smallest absolute Gasteiger partial charge is 0.233 e. The number of ether oxygens (including phenoxy) is 1. The van der Waals surface area contributed by atoms with Crippen LogP contribution in [0.3, 0.4) is 0 Å². The number of nitrogens with zero attached hydrogens (tertiary/aromatic N) is 5. The van der Waals surface area contributed by atoms with Gasteiger partial charge in [-0.05, 0) is 31.2 Å². The largest absolute Gasteiger partial charge is 0.497 e. The van der Waals surface area contributed by atoms with Crippen LogP contribution in [0.1, 0.15) is 13.8 Å². The first-order valence-electron chi connectivity index (χ1n) is 10.8. The Hall–Kier alpha value is -3.33. The summed E-state index contributed by atoms with van der Waals surface area (Å²) in [6.07, 6.45) is 0. The van der Waals surface area contributed by atoms with Crippen molar-refractivity contribution in [2.75, 3.05) is 32.5 Å². The van der Waals surface area contributed by atoms with Crippen molar-refractivity contribution in [1.29, 1.82) is 0 Å². The Kier molecular flexibility index (Phi) is 6.98. The van der Waals surface area contributed by atoms with E-state index in [0.29, 0.717) is 30.6 Å². The fraction of sp³-hybridized carbons (Fsp3) is 0.333. The van der Waals surface area contributed by atoms with Gasteiger partial charge >= 0.3 is 0 Å². The van der Waals surface area contributed by atoms with E-state index in [1.54, 1.807) is 14.0 Å². The number of thioether (sulfide) groups is 1. The molecular formula is C24H27N5O3S. The molecule has 33 heavy (non-hydrogen) atoms. The second-order valence-corrected chi connectivity index (χ2v) is 8.84. The third-order valence-corrected chi connectivity index (χ3v) is 6.60. The summed E-state index contributed by atoms with van der Waals surface area (Å²) in [5.74, 6) is 1.73. The molecular weight excluding hydrogens is 438 g/mol. The Bertz CT molecular complexity index is 1130. The van der Waals surface area contributed by atoms with E-state index in [2.05, 4.69) is 10.2 Å². The SMILES string of the molecule is COc1cccc(-c2nnc(SCC(=O)N3CCN(C(C)=O)C(C)C3)n2-c2ccccc2)c1. The highest BCUT2D eigenvalue weighted by Crippen LogP contribution is 2.30. The van der Waals surface area contributed by atoms with Crippen LogP contribution in [0, 0.1) is 0 Å². The van der Waals surface area contributed by atoms with E-state index < -0.39 is 0 Å². The van der Waals surface area contributed by atoms with E-state index in [0.717, 1.165) is 17.0 Å². The van der Waals surface area contributed by atoms with Gasteiger partial charge < -0.3 is 14.5 Å². The summed E-state index contributed by atoms with van der Waals surface area (Å²) >= 11 is 1.36. The van der Waals surface area contributed by atoms with Gasteiger partial charge in [-0.15, -0.1) is 10.2 Å². The number of piperazine rings is 1. The van der Waals surface area contributed by atoms with Crippen LogP contribution in [0.4, 0.5) is 0 Å². The fourth-order valence-corrected chi connectivity index (χ4v) is 4.85. The minimum atomic E-state index is 0.0119. The number of aromatic nitrogens is 3. The highest BCUT2D eigenvalue weighted by Gasteiger charge is 2.28. The predicted molar refractivity (Wildman–Crippen MR) is 128 cm³/mol. The van der Waals surface area contributed by atoms with Crippen molar-refractivity contribution >= 4 is 23.6 Å². The summed E-state index contributed by atoms with van der Waals surface area (Å²) in [5, 5.41) is 9.48. The van der Waals surface area contributed by atoms with Crippen molar-refractivity contribution in [3.8, 4) is 22.8 Å². The highest BCUT2D eigenvalue weighted by molar-refractivity contribution is 7.99. The van der Waals surface area contributed by atoms with Gasteiger partial charge in [-0.1, -0.05) is 42.1 Å². The molecule has 9 heteroatoms. The zero-order valence-electron chi connectivity index (χ0n) is 19.0. The molecule has 0 bridgehead atoms. The normalized spacial score (nSPS) is 16.0. The monoisotopic (exact) mass is 465 g/mol. The summed E-state index contributed by atoms with van der Waals surface area (Å²) in [7, 11) is 1.63. The lowest BCUT2D eigenvalue weighted by Gasteiger charge is -2.39. The predicted octanol–water partition coefficient (Wildman–Crippen LogP) is 3.11. The second kappa shape index (κ2) is 10.1. The zero-order valence-corrected chi connectivity index (χ0v) is 19.8. The summed E-state index contributed by atoms with van der Waals surface area (Å²) < 4.78 is 7.33. The van der Waals surface area contributed by atoms with Gasteiger partial charge in [0.15, 0.2) is 11.0 Å². The molecule has 0 radical (unpaired) electrons. The van der Waals surface area contributed by atoms with Crippen LogP contribution in [0.25, 0.3) is 17.1 Å². The maximum Gasteiger partial charge on any atom is 0.233 e. The summed E-state index contributed by atoms with van der Waals surface area (Å²) in [4.78, 5) is 28.3. The van der Waals surface area contributed by atoms with Gasteiger partial charge in [-0.3, -0.25) is 14.2 Å². The fourth-order valence-electron chi connectivity index (χ4n) is 3.99. The van der Waals surface area contributed by atoms with Gasteiger partial charge in [0.05, 0.1) is 12.9 Å². The number of para-hydroxylation sites is 1. The molecule has 1 aliphatic heterocycles. The first kappa shape index (κ1) is 22.8. The number of methoxy groups -OCH3 is 1. The molecule has 4 rings (SSSR count). The summed E-state index contributed by atoms with van der Waals surface area (Å²) in [6, 6.07) is 17.5. The average Bonchev–Trinajstić information content (AvgIpc) is 3.26. The maximum absolute atomic E-state index is 12.9. The van der Waals surface area contributed by atoms with Crippen molar-refractivity contribution in [3.05, 3.63) is 54.6 Å². The van der Waals surface area contributed by atoms with Crippen LogP contribution >= 0.6 is 11.8 Å². The number of carbonyl (C=O) groups excluding carboxylic acids is 2. The lowest BCUT2D eigenvalue weighted by atomic mass is 10.2. The second-order valence-electron chi connectivity index (χ2n) is 7.90. The lowest BCUT2D eigenvalue weighted by molar-refractivity contribution is -0.139. The minimum absolute atomic E-state index is 0.0119. The molecule has 1 fully saturated rings. The molecule has 1 saturated heterocycles. The van der Waals surface area contributed by atoms with Crippen LogP contribution in [-0.2, 0) is 9.59 Å². The Labute approximate surface area is 197 Å². The summed E-state index contributed by atoms with van der Waals surface area (Å²) in [5.41, 5.74) is 1.79. The van der Waals surface area contributed by atoms with Crippen molar-refractivity contribution in [1.82, 2.24) is 24.6 Å². The molecule has 1 aromatic heterocycles. The first-order chi connectivity index (χ1) is 16.0. The Morgan fingerprint density at radius 1 is 1.09 bits per heavy atom. The molecule has 2 amide bonds. The molecule has 1 atom stereocenters. The zero-order chi connectivity index (χ0) is 23.4. The van der Waals surface area contributed by atoms with Crippen LogP contribution in [0.5, 0.6) is 5.75 Å². The number of benzene rings is 2. The van der Waals surface area contributed by atoms with E-state index >= 15 is 0 Å². The van der Waals surface area contributed by atoms with E-state index in [1.807, 2.05) is 75.9 Å². The van der Waals surface area contributed by atoms with Crippen molar-refractivity contribution in [2.24, 2.45) is 0 Å². The number of hydrogen-bond donors (Lipinski definition) is 0. The lowest BCUT2D eigenvalue weighted by Crippen LogP contribution is -2.55. The molecule has 2 heterocycles. The van der Waals surface area contributed by atoms with E-state index in [9.17, 15) is 9.59 Å². The average molecular weight is 466 g/mol. The minimum Gasteiger partial charge on any atom is -0.497 e. The van der Waals surface area contributed by atoms with Crippen LogP contribution in [0.2, 0.25) is 0 Å². The van der Waals surface area contributed by atoms with Crippen molar-refractivity contribution in [2.45, 2.75) is 25.0 Å². The Morgan fingerprint density at radius 2 is 1.88 bits per heavy atom. The van der Waals surface area contributed by atoms with Gasteiger partial charge in [-0.25, -0.2) is 0 Å². The molecule has 0 aliphatic carbocycles. The topological polar surface area (TPSA) is 80.6 Å². The third-order valence-electron chi connectivity index (χ3n) is 5.69. The van der Waals surface area contributed by atoms with E-state index in [-0.39, 0.29) is 23.6 Å². The highest BCUT2D eigenvalue weighted by atomic mass is 32.2. The number of amides is 2. The van der Waals surface area contributed by atoms with Gasteiger partial charge in [0.2, 0.25) is 11.8 Å². The van der Waals surface area contributed by atoms with Gasteiger partial charge in [-0.2, -0.15) is 0 Å². The van der Waals surface area contributed by atoms with Gasteiger partial charge in [0.25, 0.3) is 0 Å². The van der Waals surface area contributed by atoms with Gasteiger partial charge in [0, 0.05) is 43.9 Å². The third kappa shape index (κ3) is 5.03. The standard InChI is InChI=1S/C24H27N5O3S/c1-17-15-27(12-13-28(17)18(2)30)22(31)16-33-24-26-25-23(19-8-7-11-21(14-19)32-3)29(24)20-9-5-4-6-10-20/h4-11,14,17H,12-13,15-16H2,1-3H3. The molecule has 172 valence electrons.